The molecule has 3 heteroatoms. The van der Waals surface area contributed by atoms with Crippen LogP contribution in [0.3, 0.4) is 0 Å². The van der Waals surface area contributed by atoms with E-state index in [4.69, 9.17) is 9.47 Å². The third-order valence-corrected chi connectivity index (χ3v) is 3.93. The Morgan fingerprint density at radius 1 is 1.10 bits per heavy atom. The molecule has 0 bridgehead atoms. The van der Waals surface area contributed by atoms with Crippen LogP contribution in [0.25, 0.3) is 0 Å². The minimum atomic E-state index is 0.370. The van der Waals surface area contributed by atoms with Gasteiger partial charge in [-0.25, -0.2) is 0 Å². The summed E-state index contributed by atoms with van der Waals surface area (Å²) in [6.07, 6.45) is 2.34. The molecule has 0 heterocycles. The van der Waals surface area contributed by atoms with Crippen LogP contribution in [0.4, 0.5) is 0 Å². The third kappa shape index (κ3) is 4.14. The van der Waals surface area contributed by atoms with Gasteiger partial charge in [-0.3, -0.25) is 0 Å². The van der Waals surface area contributed by atoms with Crippen molar-refractivity contribution >= 4 is 0 Å². The van der Waals surface area contributed by atoms with Crippen LogP contribution >= 0.6 is 0 Å². The maximum Gasteiger partial charge on any atom is 0.161 e. The molecule has 1 aromatic rings. The molecule has 0 aliphatic carbocycles. The standard InChI is InChI=1S/C17H29NO2/c1-7-12(3)9-15(18-8-2)14-11-17(20-6)16(19-5)10-13(14)4/h10-12,15,18H,7-9H2,1-6H3. The minimum absolute atomic E-state index is 0.370. The van der Waals surface area contributed by atoms with Crippen molar-refractivity contribution in [3.05, 3.63) is 23.3 Å². The number of rotatable bonds is 8. The topological polar surface area (TPSA) is 30.5 Å². The lowest BCUT2D eigenvalue weighted by molar-refractivity contribution is 0.351. The van der Waals surface area contributed by atoms with Crippen LogP contribution in [0, 0.1) is 12.8 Å². The molecule has 0 saturated carbocycles. The van der Waals surface area contributed by atoms with Gasteiger partial charge in [0.2, 0.25) is 0 Å². The van der Waals surface area contributed by atoms with Gasteiger partial charge in [0, 0.05) is 6.04 Å². The van der Waals surface area contributed by atoms with Crippen molar-refractivity contribution in [2.45, 2.75) is 46.6 Å². The van der Waals surface area contributed by atoms with Gasteiger partial charge >= 0.3 is 0 Å². The number of ether oxygens (including phenoxy) is 2. The highest BCUT2D eigenvalue weighted by atomic mass is 16.5. The van der Waals surface area contributed by atoms with Gasteiger partial charge in [-0.2, -0.15) is 0 Å². The number of hydrogen-bond donors (Lipinski definition) is 1. The van der Waals surface area contributed by atoms with E-state index in [1.54, 1.807) is 14.2 Å². The quantitative estimate of drug-likeness (QED) is 0.777. The van der Waals surface area contributed by atoms with Crippen LogP contribution in [0.1, 0.15) is 50.8 Å². The van der Waals surface area contributed by atoms with Crippen LogP contribution in [0.5, 0.6) is 11.5 Å². The number of methoxy groups -OCH3 is 2. The van der Waals surface area contributed by atoms with Crippen molar-refractivity contribution in [1.82, 2.24) is 5.32 Å². The molecule has 114 valence electrons. The van der Waals surface area contributed by atoms with Gasteiger partial charge in [0.1, 0.15) is 0 Å². The molecule has 0 radical (unpaired) electrons. The maximum atomic E-state index is 5.44. The van der Waals surface area contributed by atoms with Crippen LogP contribution in [0.15, 0.2) is 12.1 Å². The summed E-state index contributed by atoms with van der Waals surface area (Å²) >= 11 is 0. The second-order valence-electron chi connectivity index (χ2n) is 5.42. The SMILES string of the molecule is CCNC(CC(C)CC)c1cc(OC)c(OC)cc1C. The zero-order chi connectivity index (χ0) is 15.1. The predicted octanol–water partition coefficient (Wildman–Crippen LogP) is 4.10. The van der Waals surface area contributed by atoms with E-state index < -0.39 is 0 Å². The van der Waals surface area contributed by atoms with Gasteiger partial charge in [0.25, 0.3) is 0 Å². The Labute approximate surface area is 123 Å². The Kier molecular flexibility index (Phi) is 6.86. The summed E-state index contributed by atoms with van der Waals surface area (Å²) in [5, 5.41) is 3.60. The number of nitrogens with one attached hydrogen (secondary N) is 1. The number of aryl methyl sites for hydroxylation is 1. The predicted molar refractivity (Wildman–Crippen MR) is 84.8 cm³/mol. The van der Waals surface area contributed by atoms with E-state index >= 15 is 0 Å². The van der Waals surface area contributed by atoms with Crippen molar-refractivity contribution in [2.24, 2.45) is 5.92 Å². The van der Waals surface area contributed by atoms with E-state index in [0.29, 0.717) is 12.0 Å². The Morgan fingerprint density at radius 3 is 2.20 bits per heavy atom. The van der Waals surface area contributed by atoms with Crippen molar-refractivity contribution in [3.63, 3.8) is 0 Å². The Bertz CT molecular complexity index is 418. The number of hydrogen-bond acceptors (Lipinski definition) is 3. The maximum absolute atomic E-state index is 5.44. The molecule has 2 unspecified atom stereocenters. The third-order valence-electron chi connectivity index (χ3n) is 3.93. The molecule has 0 fully saturated rings. The van der Waals surface area contributed by atoms with Gasteiger partial charge in [-0.15, -0.1) is 0 Å². The highest BCUT2D eigenvalue weighted by Gasteiger charge is 2.18. The molecule has 0 aliphatic heterocycles. The highest BCUT2D eigenvalue weighted by molar-refractivity contribution is 5.48. The monoisotopic (exact) mass is 279 g/mol. The summed E-state index contributed by atoms with van der Waals surface area (Å²) < 4.78 is 10.8. The molecule has 0 aromatic heterocycles. The average molecular weight is 279 g/mol. The van der Waals surface area contributed by atoms with E-state index in [9.17, 15) is 0 Å². The fourth-order valence-corrected chi connectivity index (χ4v) is 2.51. The average Bonchev–Trinajstić information content (AvgIpc) is 2.46. The molecule has 20 heavy (non-hydrogen) atoms. The Hall–Kier alpha value is -1.22. The van der Waals surface area contributed by atoms with Gasteiger partial charge in [0.05, 0.1) is 14.2 Å². The Morgan fingerprint density at radius 2 is 1.70 bits per heavy atom. The van der Waals surface area contributed by atoms with Crippen molar-refractivity contribution in [1.29, 1.82) is 0 Å². The van der Waals surface area contributed by atoms with Gasteiger partial charge in [-0.1, -0.05) is 27.2 Å². The van der Waals surface area contributed by atoms with Crippen LogP contribution in [-0.4, -0.2) is 20.8 Å². The molecule has 0 amide bonds. The van der Waals surface area contributed by atoms with Crippen molar-refractivity contribution < 1.29 is 9.47 Å². The lowest BCUT2D eigenvalue weighted by atomic mass is 9.91. The fraction of sp³-hybridized carbons (Fsp3) is 0.647. The van der Waals surface area contributed by atoms with E-state index in [0.717, 1.165) is 24.5 Å². The van der Waals surface area contributed by atoms with E-state index in [2.05, 4.69) is 45.1 Å². The smallest absolute Gasteiger partial charge is 0.161 e. The summed E-state index contributed by atoms with van der Waals surface area (Å²) in [4.78, 5) is 0. The van der Waals surface area contributed by atoms with E-state index in [1.807, 2.05) is 0 Å². The lowest BCUT2D eigenvalue weighted by Gasteiger charge is -2.24. The molecule has 0 spiro atoms. The zero-order valence-electron chi connectivity index (χ0n) is 13.7. The lowest BCUT2D eigenvalue weighted by Crippen LogP contribution is -2.23. The minimum Gasteiger partial charge on any atom is -0.493 e. The zero-order valence-corrected chi connectivity index (χ0v) is 13.7. The second kappa shape index (κ2) is 8.15. The van der Waals surface area contributed by atoms with Gasteiger partial charge in [-0.05, 0) is 49.1 Å². The Balaban J connectivity index is 3.11. The van der Waals surface area contributed by atoms with Crippen LogP contribution in [-0.2, 0) is 0 Å². The van der Waals surface area contributed by atoms with Crippen molar-refractivity contribution in [2.75, 3.05) is 20.8 Å². The fourth-order valence-electron chi connectivity index (χ4n) is 2.51. The number of benzene rings is 1. The van der Waals surface area contributed by atoms with Crippen LogP contribution in [0.2, 0.25) is 0 Å². The highest BCUT2D eigenvalue weighted by Crippen LogP contribution is 2.35. The van der Waals surface area contributed by atoms with Crippen molar-refractivity contribution in [3.8, 4) is 11.5 Å². The first-order chi connectivity index (χ1) is 9.57. The van der Waals surface area contributed by atoms with Crippen LogP contribution < -0.4 is 14.8 Å². The normalized spacial score (nSPS) is 13.9. The molecule has 0 saturated heterocycles. The summed E-state index contributed by atoms with van der Waals surface area (Å²) in [6.45, 7) is 9.81. The van der Waals surface area contributed by atoms with Gasteiger partial charge < -0.3 is 14.8 Å². The first-order valence-corrected chi connectivity index (χ1v) is 7.53. The summed E-state index contributed by atoms with van der Waals surface area (Å²) in [6, 6.07) is 4.55. The van der Waals surface area contributed by atoms with E-state index in [1.165, 1.54) is 17.5 Å². The van der Waals surface area contributed by atoms with Gasteiger partial charge in [0.15, 0.2) is 11.5 Å². The molecule has 1 N–H and O–H groups in total. The largest absolute Gasteiger partial charge is 0.493 e. The molecule has 1 aromatic carbocycles. The second-order valence-corrected chi connectivity index (χ2v) is 5.42. The first-order valence-electron chi connectivity index (χ1n) is 7.53. The molecule has 2 atom stereocenters. The summed E-state index contributed by atoms with van der Waals surface area (Å²) in [5.41, 5.74) is 2.56. The summed E-state index contributed by atoms with van der Waals surface area (Å²) in [5.74, 6) is 2.30. The molecule has 0 aliphatic rings. The summed E-state index contributed by atoms with van der Waals surface area (Å²) in [7, 11) is 3.37. The molecule has 3 nitrogen and oxygen atoms in total. The molecular weight excluding hydrogens is 250 g/mol. The van der Waals surface area contributed by atoms with E-state index in [-0.39, 0.29) is 0 Å². The first kappa shape index (κ1) is 16.8. The molecule has 1 rings (SSSR count). The molecular formula is C17H29NO2.